The van der Waals surface area contributed by atoms with E-state index >= 15 is 0 Å². The van der Waals surface area contributed by atoms with Crippen LogP contribution in [0.3, 0.4) is 0 Å². The van der Waals surface area contributed by atoms with Crippen molar-refractivity contribution in [1.82, 2.24) is 14.7 Å². The van der Waals surface area contributed by atoms with Crippen LogP contribution in [0.1, 0.15) is 31.9 Å². The van der Waals surface area contributed by atoms with Crippen molar-refractivity contribution < 1.29 is 14.0 Å². The van der Waals surface area contributed by atoms with Crippen molar-refractivity contribution in [1.29, 1.82) is 0 Å². The Morgan fingerprint density at radius 2 is 1.76 bits per heavy atom. The highest BCUT2D eigenvalue weighted by atomic mass is 19.1. The molecule has 2 fully saturated rings. The molecule has 0 bridgehead atoms. The van der Waals surface area contributed by atoms with Gasteiger partial charge in [-0.3, -0.25) is 14.5 Å². The van der Waals surface area contributed by atoms with E-state index in [9.17, 15) is 14.0 Å². The third kappa shape index (κ3) is 4.00. The first-order valence-electron chi connectivity index (χ1n) is 8.97. The van der Waals surface area contributed by atoms with E-state index in [2.05, 4.69) is 11.8 Å². The normalized spacial score (nSPS) is 24.6. The van der Waals surface area contributed by atoms with Gasteiger partial charge < -0.3 is 9.80 Å². The quantitative estimate of drug-likeness (QED) is 0.839. The van der Waals surface area contributed by atoms with E-state index < -0.39 is 0 Å². The lowest BCUT2D eigenvalue weighted by molar-refractivity contribution is -0.139. The Morgan fingerprint density at radius 3 is 2.40 bits per heavy atom. The molecule has 136 valence electrons. The van der Waals surface area contributed by atoms with Crippen LogP contribution < -0.4 is 0 Å². The molecule has 1 aromatic rings. The van der Waals surface area contributed by atoms with Gasteiger partial charge in [0.25, 0.3) is 0 Å². The lowest BCUT2D eigenvalue weighted by Gasteiger charge is -2.35. The van der Waals surface area contributed by atoms with E-state index in [1.807, 2.05) is 17.0 Å². The van der Waals surface area contributed by atoms with Crippen molar-refractivity contribution in [2.75, 3.05) is 39.3 Å². The van der Waals surface area contributed by atoms with Gasteiger partial charge in [-0.15, -0.1) is 0 Å². The minimum Gasteiger partial charge on any atom is -0.339 e. The lowest BCUT2D eigenvalue weighted by Crippen LogP contribution is -2.52. The summed E-state index contributed by atoms with van der Waals surface area (Å²) in [5, 5.41) is 0. The molecule has 2 heterocycles. The zero-order chi connectivity index (χ0) is 18.0. The number of benzene rings is 1. The number of hydrogen-bond acceptors (Lipinski definition) is 3. The summed E-state index contributed by atoms with van der Waals surface area (Å²) in [6.45, 7) is 7.15. The number of carbonyl (C=O) groups is 2. The summed E-state index contributed by atoms with van der Waals surface area (Å²) >= 11 is 0. The zero-order valence-electron chi connectivity index (χ0n) is 14.9. The molecule has 2 atom stereocenters. The first-order valence-corrected chi connectivity index (χ1v) is 8.97. The largest absolute Gasteiger partial charge is 0.339 e. The van der Waals surface area contributed by atoms with E-state index in [1.165, 1.54) is 6.07 Å². The Balaban J connectivity index is 1.64. The van der Waals surface area contributed by atoms with E-state index in [-0.39, 0.29) is 23.7 Å². The molecule has 25 heavy (non-hydrogen) atoms. The number of likely N-dealkylation sites (tertiary alicyclic amines) is 1. The monoisotopic (exact) mass is 347 g/mol. The second-order valence-corrected chi connectivity index (χ2v) is 7.19. The molecule has 6 heteroatoms. The summed E-state index contributed by atoms with van der Waals surface area (Å²) in [6.07, 6.45) is 0.867. The van der Waals surface area contributed by atoms with Crippen LogP contribution in [0.2, 0.25) is 0 Å². The van der Waals surface area contributed by atoms with Crippen molar-refractivity contribution >= 4 is 11.8 Å². The van der Waals surface area contributed by atoms with Gasteiger partial charge in [0.1, 0.15) is 5.82 Å². The third-order valence-electron chi connectivity index (χ3n) is 5.29. The van der Waals surface area contributed by atoms with Gasteiger partial charge in [-0.2, -0.15) is 0 Å². The average Bonchev–Trinajstić information content (AvgIpc) is 2.95. The summed E-state index contributed by atoms with van der Waals surface area (Å²) in [5.41, 5.74) is 0.682. The van der Waals surface area contributed by atoms with Crippen LogP contribution in [-0.2, 0) is 9.59 Å². The molecule has 2 saturated heterocycles. The topological polar surface area (TPSA) is 43.9 Å². The molecule has 3 rings (SSSR count). The van der Waals surface area contributed by atoms with Gasteiger partial charge in [0.15, 0.2) is 0 Å². The predicted molar refractivity (Wildman–Crippen MR) is 93.3 cm³/mol. The van der Waals surface area contributed by atoms with Crippen LogP contribution in [0.25, 0.3) is 0 Å². The molecule has 0 spiro atoms. The summed E-state index contributed by atoms with van der Waals surface area (Å²) in [4.78, 5) is 29.8. The van der Waals surface area contributed by atoms with Crippen molar-refractivity contribution in [2.45, 2.75) is 26.3 Å². The lowest BCUT2D eigenvalue weighted by atomic mass is 10.0. The minimum atomic E-state index is -0.200. The summed E-state index contributed by atoms with van der Waals surface area (Å²) in [5.74, 6) is 0.361. The minimum absolute atomic E-state index is 0.0429. The molecule has 0 N–H and O–H groups in total. The first kappa shape index (κ1) is 17.9. The summed E-state index contributed by atoms with van der Waals surface area (Å²) < 4.78 is 14.2. The maximum Gasteiger partial charge on any atom is 0.236 e. The predicted octanol–water partition coefficient (Wildman–Crippen LogP) is 1.90. The van der Waals surface area contributed by atoms with Gasteiger partial charge in [-0.05, 0) is 18.4 Å². The fourth-order valence-electron chi connectivity index (χ4n) is 3.92. The van der Waals surface area contributed by atoms with Crippen molar-refractivity contribution in [2.24, 2.45) is 5.92 Å². The Hall–Kier alpha value is -1.95. The Kier molecular flexibility index (Phi) is 5.37. The highest BCUT2D eigenvalue weighted by molar-refractivity contribution is 5.79. The Bertz CT molecular complexity index is 643. The van der Waals surface area contributed by atoms with Gasteiger partial charge in [0.2, 0.25) is 11.8 Å². The van der Waals surface area contributed by atoms with E-state index in [0.29, 0.717) is 44.2 Å². The molecule has 2 aliphatic heterocycles. The molecule has 2 amide bonds. The maximum absolute atomic E-state index is 14.2. The molecule has 1 aromatic carbocycles. The molecule has 0 saturated carbocycles. The van der Waals surface area contributed by atoms with Gasteiger partial charge in [-0.1, -0.05) is 25.1 Å². The fraction of sp³-hybridized carbons (Fsp3) is 0.579. The Labute approximate surface area is 148 Å². The molecule has 0 aromatic heterocycles. The van der Waals surface area contributed by atoms with Crippen LogP contribution in [-0.4, -0.2) is 65.8 Å². The van der Waals surface area contributed by atoms with Crippen molar-refractivity contribution in [3.05, 3.63) is 35.6 Å². The van der Waals surface area contributed by atoms with Crippen molar-refractivity contribution in [3.63, 3.8) is 0 Å². The van der Waals surface area contributed by atoms with Crippen LogP contribution in [0, 0.1) is 11.7 Å². The van der Waals surface area contributed by atoms with Crippen LogP contribution in [0.4, 0.5) is 4.39 Å². The van der Waals surface area contributed by atoms with Gasteiger partial charge >= 0.3 is 0 Å². The van der Waals surface area contributed by atoms with Gasteiger partial charge in [0.05, 0.1) is 6.54 Å². The van der Waals surface area contributed by atoms with E-state index in [4.69, 9.17) is 0 Å². The second kappa shape index (κ2) is 7.52. The molecule has 0 unspecified atom stereocenters. The number of amides is 2. The number of carbonyl (C=O) groups excluding carboxylic acids is 2. The van der Waals surface area contributed by atoms with E-state index in [1.54, 1.807) is 17.9 Å². The number of halogens is 1. The second-order valence-electron chi connectivity index (χ2n) is 7.19. The maximum atomic E-state index is 14.2. The zero-order valence-corrected chi connectivity index (χ0v) is 14.9. The highest BCUT2D eigenvalue weighted by Gasteiger charge is 2.34. The van der Waals surface area contributed by atoms with Crippen LogP contribution in [0.15, 0.2) is 24.3 Å². The average molecular weight is 347 g/mol. The van der Waals surface area contributed by atoms with E-state index in [0.717, 1.165) is 13.0 Å². The molecular weight excluding hydrogens is 321 g/mol. The van der Waals surface area contributed by atoms with Gasteiger partial charge in [-0.25, -0.2) is 4.39 Å². The third-order valence-corrected chi connectivity index (χ3v) is 5.29. The molecule has 2 aliphatic rings. The SMILES string of the molecule is CC(=O)N1CCN(C(=O)CN2C[C@@H](C)C[C@@H]2c2ccccc2F)CC1. The first-order chi connectivity index (χ1) is 12.0. The van der Waals surface area contributed by atoms with Crippen LogP contribution in [0.5, 0.6) is 0 Å². The smallest absolute Gasteiger partial charge is 0.236 e. The number of piperazine rings is 1. The summed E-state index contributed by atoms with van der Waals surface area (Å²) in [6, 6.07) is 6.81. The number of hydrogen-bond donors (Lipinski definition) is 0. The van der Waals surface area contributed by atoms with Crippen LogP contribution >= 0.6 is 0 Å². The fourth-order valence-corrected chi connectivity index (χ4v) is 3.92. The standard InChI is InChI=1S/C19H26FN3O2/c1-14-11-18(16-5-3-4-6-17(16)20)23(12-14)13-19(25)22-9-7-21(8-10-22)15(2)24/h3-6,14,18H,7-13H2,1-2H3/t14-,18+/m0/s1. The number of rotatable bonds is 3. The molecule has 0 radical (unpaired) electrons. The Morgan fingerprint density at radius 1 is 1.12 bits per heavy atom. The molecule has 5 nitrogen and oxygen atoms in total. The summed E-state index contributed by atoms with van der Waals surface area (Å²) in [7, 11) is 0. The number of nitrogens with zero attached hydrogens (tertiary/aromatic N) is 3. The molecular formula is C19H26FN3O2. The highest BCUT2D eigenvalue weighted by Crippen LogP contribution is 2.36. The van der Waals surface area contributed by atoms with Gasteiger partial charge in [0, 0.05) is 51.3 Å². The molecule has 0 aliphatic carbocycles. The van der Waals surface area contributed by atoms with Crippen molar-refractivity contribution in [3.8, 4) is 0 Å².